The van der Waals surface area contributed by atoms with E-state index in [-0.39, 0.29) is 28.1 Å². The molecule has 5 N–H and O–H groups in total. The van der Waals surface area contributed by atoms with Gasteiger partial charge in [0.15, 0.2) is 0 Å². The van der Waals surface area contributed by atoms with Gasteiger partial charge in [0.25, 0.3) is 10.9 Å². The molecule has 7 nitrogen and oxygen atoms in total. The SMILES string of the molecule is CCC(C)(C)CC(C)(C)C(N)=O.COCC(C)(C)Nc1c(N)c(=O)c1=O. The Morgan fingerprint density at radius 2 is 1.58 bits per heavy atom. The van der Waals surface area contributed by atoms with Crippen molar-refractivity contribution >= 4 is 17.3 Å². The molecule has 0 atom stereocenters. The highest BCUT2D eigenvalue weighted by molar-refractivity contribution is 5.79. The number of rotatable bonds is 8. The number of carbonyl (C=O) groups is 1. The van der Waals surface area contributed by atoms with Gasteiger partial charge < -0.3 is 21.5 Å². The number of ether oxygens (including phenoxy) is 1. The van der Waals surface area contributed by atoms with Gasteiger partial charge in [0.05, 0.1) is 12.1 Å². The van der Waals surface area contributed by atoms with Gasteiger partial charge in [-0.1, -0.05) is 41.0 Å². The van der Waals surface area contributed by atoms with Crippen molar-refractivity contribution in [3.8, 4) is 0 Å². The normalized spacial score (nSPS) is 12.5. The quantitative estimate of drug-likeness (QED) is 0.602. The third-order valence-electron chi connectivity index (χ3n) is 4.46. The zero-order valence-corrected chi connectivity index (χ0v) is 17.4. The van der Waals surface area contributed by atoms with Crippen LogP contribution >= 0.6 is 0 Å². The van der Waals surface area contributed by atoms with E-state index in [1.54, 1.807) is 7.11 Å². The molecule has 1 aromatic carbocycles. The number of anilines is 2. The van der Waals surface area contributed by atoms with Crippen molar-refractivity contribution in [2.45, 2.75) is 66.8 Å². The minimum Gasteiger partial charge on any atom is -0.394 e. The van der Waals surface area contributed by atoms with Crippen LogP contribution in [0.1, 0.15) is 61.3 Å². The Morgan fingerprint density at radius 3 is 1.92 bits per heavy atom. The lowest BCUT2D eigenvalue weighted by Crippen LogP contribution is -2.44. The van der Waals surface area contributed by atoms with Crippen LogP contribution in [0.2, 0.25) is 0 Å². The summed E-state index contributed by atoms with van der Waals surface area (Å²) in [4.78, 5) is 32.9. The summed E-state index contributed by atoms with van der Waals surface area (Å²) in [7, 11) is 1.56. The topological polar surface area (TPSA) is 125 Å². The highest BCUT2D eigenvalue weighted by Gasteiger charge is 2.31. The van der Waals surface area contributed by atoms with Crippen LogP contribution in [0.3, 0.4) is 0 Å². The first-order chi connectivity index (χ1) is 11.6. The predicted octanol–water partition coefficient (Wildman–Crippen LogP) is 2.03. The van der Waals surface area contributed by atoms with Crippen LogP contribution in [0.15, 0.2) is 9.59 Å². The fourth-order valence-corrected chi connectivity index (χ4v) is 2.68. The summed E-state index contributed by atoms with van der Waals surface area (Å²) >= 11 is 0. The second kappa shape index (κ2) is 8.66. The molecule has 0 saturated heterocycles. The largest absolute Gasteiger partial charge is 0.394 e. The molecule has 26 heavy (non-hydrogen) atoms. The Hall–Kier alpha value is -1.89. The van der Waals surface area contributed by atoms with E-state index < -0.39 is 16.4 Å². The van der Waals surface area contributed by atoms with E-state index in [0.717, 1.165) is 12.8 Å². The second-order valence-corrected chi connectivity index (χ2v) is 8.83. The maximum absolute atomic E-state index is 11.1. The van der Waals surface area contributed by atoms with Gasteiger partial charge in [-0.25, -0.2) is 0 Å². The number of nitrogen functional groups attached to an aromatic ring is 1. The number of hydrogen-bond acceptors (Lipinski definition) is 6. The molecule has 0 fully saturated rings. The third kappa shape index (κ3) is 6.78. The summed E-state index contributed by atoms with van der Waals surface area (Å²) in [6, 6.07) is 0. The zero-order valence-electron chi connectivity index (χ0n) is 17.4. The molecule has 0 spiro atoms. The monoisotopic (exact) mass is 369 g/mol. The van der Waals surface area contributed by atoms with E-state index in [1.165, 1.54) is 0 Å². The Bertz CT molecular complexity index is 683. The van der Waals surface area contributed by atoms with E-state index in [0.29, 0.717) is 6.61 Å². The molecule has 1 amide bonds. The van der Waals surface area contributed by atoms with Gasteiger partial charge in [-0.2, -0.15) is 0 Å². The van der Waals surface area contributed by atoms with Gasteiger partial charge in [0.2, 0.25) is 5.91 Å². The average Bonchev–Trinajstić information content (AvgIpc) is 2.51. The first kappa shape index (κ1) is 24.1. The summed E-state index contributed by atoms with van der Waals surface area (Å²) in [6.45, 7) is 14.4. The van der Waals surface area contributed by atoms with Crippen molar-refractivity contribution in [3.05, 3.63) is 20.4 Å². The standard InChI is InChI=1S/C10H21NO.C9H14N2O3/c1-6-9(2,3)7-10(4,5)8(11)12;1-9(2,4-14-3)11-6-5(10)7(12)8(6)13/h6-7H2,1-5H3,(H2,11,12);11H,4,10H2,1-3H3. The zero-order chi connectivity index (χ0) is 20.9. The van der Waals surface area contributed by atoms with E-state index in [9.17, 15) is 14.4 Å². The first-order valence-corrected chi connectivity index (χ1v) is 8.76. The maximum Gasteiger partial charge on any atom is 0.253 e. The highest BCUT2D eigenvalue weighted by Crippen LogP contribution is 2.35. The van der Waals surface area contributed by atoms with E-state index in [1.807, 2.05) is 27.7 Å². The molecule has 0 aliphatic carbocycles. The fraction of sp³-hybridized carbons (Fsp3) is 0.737. The lowest BCUT2D eigenvalue weighted by atomic mass is 9.73. The number of methoxy groups -OCH3 is 1. The number of primary amides is 1. The lowest BCUT2D eigenvalue weighted by Gasteiger charge is -2.31. The van der Waals surface area contributed by atoms with Gasteiger partial charge in [-0.3, -0.25) is 14.4 Å². The predicted molar refractivity (Wildman–Crippen MR) is 107 cm³/mol. The summed E-state index contributed by atoms with van der Waals surface area (Å²) in [6.07, 6.45) is 1.93. The van der Waals surface area contributed by atoms with Crippen LogP contribution in [0.5, 0.6) is 0 Å². The number of hydrogen-bond donors (Lipinski definition) is 3. The lowest BCUT2D eigenvalue weighted by molar-refractivity contribution is -0.127. The van der Waals surface area contributed by atoms with Crippen molar-refractivity contribution < 1.29 is 9.53 Å². The van der Waals surface area contributed by atoms with Gasteiger partial charge in [-0.05, 0) is 25.7 Å². The van der Waals surface area contributed by atoms with E-state index >= 15 is 0 Å². The number of amides is 1. The van der Waals surface area contributed by atoms with Gasteiger partial charge in [0.1, 0.15) is 11.4 Å². The maximum atomic E-state index is 11.1. The molecule has 0 heterocycles. The molecule has 1 rings (SSSR count). The van der Waals surface area contributed by atoms with Crippen LogP contribution < -0.4 is 27.6 Å². The van der Waals surface area contributed by atoms with Crippen molar-refractivity contribution in [1.29, 1.82) is 0 Å². The Kier molecular flexibility index (Phi) is 8.03. The van der Waals surface area contributed by atoms with Gasteiger partial charge in [-0.15, -0.1) is 0 Å². The van der Waals surface area contributed by atoms with Crippen LogP contribution in [0.4, 0.5) is 11.4 Å². The first-order valence-electron chi connectivity index (χ1n) is 8.76. The molecule has 7 heteroatoms. The number of nitrogens with one attached hydrogen (secondary N) is 1. The molecule has 0 saturated carbocycles. The molecular weight excluding hydrogens is 334 g/mol. The molecule has 1 aromatic rings. The second-order valence-electron chi connectivity index (χ2n) is 8.83. The molecule has 0 bridgehead atoms. The Balaban J connectivity index is 0.000000488. The molecule has 0 aliphatic heterocycles. The summed E-state index contributed by atoms with van der Waals surface area (Å²) in [5, 5.41) is 2.88. The van der Waals surface area contributed by atoms with Crippen molar-refractivity contribution in [1.82, 2.24) is 0 Å². The van der Waals surface area contributed by atoms with Gasteiger partial charge >= 0.3 is 0 Å². The minimum absolute atomic E-state index is 0.0131. The van der Waals surface area contributed by atoms with Crippen LogP contribution in [-0.4, -0.2) is 25.2 Å². The van der Waals surface area contributed by atoms with E-state index in [4.69, 9.17) is 16.2 Å². The highest BCUT2D eigenvalue weighted by atomic mass is 16.5. The average molecular weight is 370 g/mol. The molecule has 0 radical (unpaired) electrons. The Labute approximate surface area is 156 Å². The van der Waals surface area contributed by atoms with Crippen LogP contribution in [-0.2, 0) is 9.53 Å². The summed E-state index contributed by atoms with van der Waals surface area (Å²) < 4.78 is 4.95. The molecule has 0 aliphatic rings. The van der Waals surface area contributed by atoms with Crippen LogP contribution in [0.25, 0.3) is 0 Å². The van der Waals surface area contributed by atoms with E-state index in [2.05, 4.69) is 26.1 Å². The molecular formula is C19H35N3O4. The van der Waals surface area contributed by atoms with Crippen molar-refractivity contribution in [2.24, 2.45) is 16.6 Å². The number of carbonyl (C=O) groups excluding carboxylic acids is 1. The fourth-order valence-electron chi connectivity index (χ4n) is 2.68. The Morgan fingerprint density at radius 1 is 1.08 bits per heavy atom. The summed E-state index contributed by atoms with van der Waals surface area (Å²) in [5.74, 6) is -0.205. The third-order valence-corrected chi connectivity index (χ3v) is 4.46. The molecule has 0 aromatic heterocycles. The molecule has 0 unspecified atom stereocenters. The van der Waals surface area contributed by atoms with Crippen molar-refractivity contribution in [2.75, 3.05) is 24.8 Å². The van der Waals surface area contributed by atoms with Gasteiger partial charge in [0, 0.05) is 12.5 Å². The van der Waals surface area contributed by atoms with Crippen LogP contribution in [0, 0.1) is 10.8 Å². The smallest absolute Gasteiger partial charge is 0.253 e. The minimum atomic E-state index is -0.610. The molecule has 150 valence electrons. The summed E-state index contributed by atoms with van der Waals surface area (Å²) in [5.41, 5.74) is 9.14. The number of nitrogens with two attached hydrogens (primary N) is 2. The van der Waals surface area contributed by atoms with Crippen molar-refractivity contribution in [3.63, 3.8) is 0 Å².